The number of ether oxygens (including phenoxy) is 1. The number of nitrogens with zero attached hydrogens (tertiary/aromatic N) is 3. The fourth-order valence-corrected chi connectivity index (χ4v) is 6.20. The number of fused-ring (bicyclic) bond motifs is 2. The zero-order chi connectivity index (χ0) is 26.5. The monoisotopic (exact) mass is 645 g/mol. The summed E-state index contributed by atoms with van der Waals surface area (Å²) in [6, 6.07) is 12.7. The third kappa shape index (κ3) is 5.00. The molecule has 10 heteroatoms. The van der Waals surface area contributed by atoms with Crippen molar-refractivity contribution in [3.8, 4) is 16.3 Å². The Morgan fingerprint density at radius 2 is 1.92 bits per heavy atom. The first-order chi connectivity index (χ1) is 17.5. The zero-order valence-electron chi connectivity index (χ0n) is 20.0. The number of thiazole rings is 1. The number of hydrogen-bond acceptors (Lipinski definition) is 6. The number of aromatic nitrogens is 3. The maximum Gasteiger partial charge on any atom is 0.337 e. The molecule has 2 aromatic carbocycles. The Morgan fingerprint density at radius 3 is 2.59 bits per heavy atom. The van der Waals surface area contributed by atoms with Crippen molar-refractivity contribution in [3.05, 3.63) is 85.6 Å². The van der Waals surface area contributed by atoms with Crippen LogP contribution in [0, 0.1) is 3.57 Å². The molecule has 7 nitrogen and oxygen atoms in total. The molecule has 0 fully saturated rings. The van der Waals surface area contributed by atoms with Crippen LogP contribution >= 0.6 is 45.5 Å². The van der Waals surface area contributed by atoms with Crippen molar-refractivity contribution in [2.75, 3.05) is 0 Å². The fraction of sp³-hybridized carbons (Fsp3) is 0.185. The lowest BCUT2D eigenvalue weighted by Gasteiger charge is -2.27. The third-order valence-corrected chi connectivity index (χ3v) is 7.90. The predicted octanol–water partition coefficient (Wildman–Crippen LogP) is 6.86. The van der Waals surface area contributed by atoms with E-state index >= 15 is 0 Å². The molecule has 0 aliphatic carbocycles. The molecule has 0 aliphatic rings. The highest BCUT2D eigenvalue weighted by Gasteiger charge is 2.33. The van der Waals surface area contributed by atoms with Crippen molar-refractivity contribution >= 4 is 72.5 Å². The van der Waals surface area contributed by atoms with Crippen molar-refractivity contribution in [1.29, 1.82) is 0 Å². The third-order valence-electron chi connectivity index (χ3n) is 5.66. The number of rotatable bonds is 5. The van der Waals surface area contributed by atoms with Gasteiger partial charge in [-0.2, -0.15) is 0 Å². The molecule has 0 saturated carbocycles. The number of pyridine rings is 2. The Labute approximate surface area is 234 Å². The van der Waals surface area contributed by atoms with E-state index in [1.165, 1.54) is 15.9 Å². The second-order valence-electron chi connectivity index (χ2n) is 9.40. The highest BCUT2D eigenvalue weighted by Crippen LogP contribution is 2.43. The van der Waals surface area contributed by atoms with Gasteiger partial charge in [-0.3, -0.25) is 14.3 Å². The Hall–Kier alpha value is -2.86. The normalized spacial score (nSPS) is 12.8. The molecule has 37 heavy (non-hydrogen) atoms. The molecule has 0 amide bonds. The largest absolute Gasteiger partial charge is 0.479 e. The summed E-state index contributed by atoms with van der Waals surface area (Å²) in [6.07, 6.45) is 3.66. The maximum absolute atomic E-state index is 13.3. The second kappa shape index (κ2) is 9.79. The summed E-state index contributed by atoms with van der Waals surface area (Å²) in [5.74, 6) is -1.09. The van der Waals surface area contributed by atoms with Gasteiger partial charge in [0.1, 0.15) is 0 Å². The van der Waals surface area contributed by atoms with Crippen molar-refractivity contribution in [2.24, 2.45) is 0 Å². The van der Waals surface area contributed by atoms with Gasteiger partial charge in [0.15, 0.2) is 11.2 Å². The summed E-state index contributed by atoms with van der Waals surface area (Å²) in [5, 5.41) is 12.5. The summed E-state index contributed by atoms with van der Waals surface area (Å²) in [4.78, 5) is 34.6. The molecule has 1 N–H and O–H groups in total. The lowest BCUT2D eigenvalue weighted by atomic mass is 9.95. The van der Waals surface area contributed by atoms with Crippen LogP contribution in [0.2, 0.25) is 5.02 Å². The van der Waals surface area contributed by atoms with E-state index < -0.39 is 17.7 Å². The van der Waals surface area contributed by atoms with E-state index in [2.05, 4.69) is 27.6 Å². The summed E-state index contributed by atoms with van der Waals surface area (Å²) in [6.45, 7) is 5.46. The molecule has 0 unspecified atom stereocenters. The first-order valence-corrected chi connectivity index (χ1v) is 13.6. The molecular weight excluding hydrogens is 625 g/mol. The highest BCUT2D eigenvalue weighted by atomic mass is 127. The zero-order valence-corrected chi connectivity index (χ0v) is 23.8. The molecule has 3 aromatic heterocycles. The molecule has 0 spiro atoms. The number of carboxylic acids is 1. The summed E-state index contributed by atoms with van der Waals surface area (Å²) >= 11 is 9.61. The Kier molecular flexibility index (Phi) is 6.82. The maximum atomic E-state index is 13.3. The predicted molar refractivity (Wildman–Crippen MR) is 155 cm³/mol. The molecular formula is C27H21ClIN3O4S. The van der Waals surface area contributed by atoms with Gasteiger partial charge < -0.3 is 9.84 Å². The molecule has 0 aliphatic heterocycles. The van der Waals surface area contributed by atoms with E-state index in [4.69, 9.17) is 21.3 Å². The fourth-order valence-electron chi connectivity index (χ4n) is 4.12. The Morgan fingerprint density at radius 1 is 1.19 bits per heavy atom. The molecule has 3 heterocycles. The van der Waals surface area contributed by atoms with Gasteiger partial charge in [0.2, 0.25) is 0 Å². The van der Waals surface area contributed by atoms with Crippen molar-refractivity contribution in [2.45, 2.75) is 32.5 Å². The summed E-state index contributed by atoms with van der Waals surface area (Å²) < 4.78 is 8.98. The van der Waals surface area contributed by atoms with Crippen molar-refractivity contribution in [1.82, 2.24) is 14.5 Å². The van der Waals surface area contributed by atoms with Crippen LogP contribution in [-0.4, -0.2) is 31.2 Å². The standard InChI is InChI=1S/C27H21ClIN3O4S/c1-27(2,3)36-22(25(34)35)21-18(29)12-19-23(20(21)15-4-6-16(28)7-5-15)37-26(31-19)32-11-9-14-8-10-30-13-17(14)24(32)33/h4-13,22H,1-3H3,(H,34,35)/t22-/m0/s1. The molecule has 5 rings (SSSR count). The van der Waals surface area contributed by atoms with Gasteiger partial charge in [-0.05, 0) is 84.6 Å². The van der Waals surface area contributed by atoms with Gasteiger partial charge in [0.05, 0.1) is 21.2 Å². The topological polar surface area (TPSA) is 94.3 Å². The molecule has 1 atom stereocenters. The first-order valence-electron chi connectivity index (χ1n) is 11.3. The smallest absolute Gasteiger partial charge is 0.337 e. The molecule has 188 valence electrons. The number of carboxylic acid groups (broad SMARTS) is 1. The van der Waals surface area contributed by atoms with Crippen LogP contribution in [0.3, 0.4) is 0 Å². The average Bonchev–Trinajstić information content (AvgIpc) is 3.25. The minimum atomic E-state index is -1.22. The van der Waals surface area contributed by atoms with Crippen LogP contribution < -0.4 is 5.56 Å². The van der Waals surface area contributed by atoms with E-state index in [1.807, 2.05) is 45.0 Å². The van der Waals surface area contributed by atoms with E-state index in [0.29, 0.717) is 35.8 Å². The molecule has 0 saturated heterocycles. The van der Waals surface area contributed by atoms with Crippen molar-refractivity contribution in [3.63, 3.8) is 0 Å². The summed E-state index contributed by atoms with van der Waals surface area (Å²) in [7, 11) is 0. The molecule has 5 aromatic rings. The van der Waals surface area contributed by atoms with Gasteiger partial charge in [-0.25, -0.2) is 9.78 Å². The van der Waals surface area contributed by atoms with Crippen LogP contribution in [0.1, 0.15) is 32.4 Å². The molecule has 0 radical (unpaired) electrons. The van der Waals surface area contributed by atoms with Gasteiger partial charge in [0, 0.05) is 38.3 Å². The number of hydrogen-bond donors (Lipinski definition) is 1. The van der Waals surface area contributed by atoms with Crippen LogP contribution in [0.5, 0.6) is 0 Å². The Balaban J connectivity index is 1.81. The summed E-state index contributed by atoms with van der Waals surface area (Å²) in [5.41, 5.74) is 1.71. The van der Waals surface area contributed by atoms with E-state index in [0.717, 1.165) is 15.6 Å². The van der Waals surface area contributed by atoms with Gasteiger partial charge in [-0.1, -0.05) is 35.1 Å². The number of benzene rings is 2. The lowest BCUT2D eigenvalue weighted by molar-refractivity contribution is -0.160. The van der Waals surface area contributed by atoms with Gasteiger partial charge in [-0.15, -0.1) is 0 Å². The molecule has 0 bridgehead atoms. The number of carbonyl (C=O) groups is 1. The average molecular weight is 646 g/mol. The Bertz CT molecular complexity index is 1720. The quantitative estimate of drug-likeness (QED) is 0.210. The van der Waals surface area contributed by atoms with Crippen LogP contribution in [0.4, 0.5) is 0 Å². The lowest BCUT2D eigenvalue weighted by Crippen LogP contribution is -2.28. The van der Waals surface area contributed by atoms with E-state index in [1.54, 1.807) is 36.8 Å². The van der Waals surface area contributed by atoms with Gasteiger partial charge in [0.25, 0.3) is 5.56 Å². The second-order valence-corrected chi connectivity index (χ2v) is 12.0. The number of halogens is 2. The van der Waals surface area contributed by atoms with Crippen LogP contribution in [0.15, 0.2) is 65.8 Å². The SMILES string of the molecule is CC(C)(C)O[C@H](C(=O)O)c1c(I)cc2nc(-n3ccc4ccncc4c3=O)sc2c1-c1ccc(Cl)cc1. The van der Waals surface area contributed by atoms with Crippen LogP contribution in [0.25, 0.3) is 37.2 Å². The minimum Gasteiger partial charge on any atom is -0.479 e. The van der Waals surface area contributed by atoms with E-state index in [-0.39, 0.29) is 5.56 Å². The first kappa shape index (κ1) is 25.8. The number of aliphatic carboxylic acids is 1. The minimum absolute atomic E-state index is 0.230. The highest BCUT2D eigenvalue weighted by molar-refractivity contribution is 14.1. The van der Waals surface area contributed by atoms with E-state index in [9.17, 15) is 14.7 Å². The van der Waals surface area contributed by atoms with Crippen LogP contribution in [-0.2, 0) is 9.53 Å². The van der Waals surface area contributed by atoms with Crippen molar-refractivity contribution < 1.29 is 14.6 Å². The van der Waals surface area contributed by atoms with Gasteiger partial charge >= 0.3 is 5.97 Å².